The Morgan fingerprint density at radius 3 is 2.81 bits per heavy atom. The Balaban J connectivity index is 2.67. The molecule has 0 aliphatic rings. The van der Waals surface area contributed by atoms with Gasteiger partial charge in [0.2, 0.25) is 0 Å². The van der Waals surface area contributed by atoms with Crippen LogP contribution in [0.2, 0.25) is 0 Å². The molecule has 5 nitrogen and oxygen atoms in total. The predicted octanol–water partition coefficient (Wildman–Crippen LogP) is 0.915. The fraction of sp³-hybridized carbons (Fsp3) is 0.0909. The SMILES string of the molecule is CC(=O)Oc1ncc2ccccc2nc1=O. The molecule has 0 aliphatic heterocycles. The highest BCUT2D eigenvalue weighted by Gasteiger charge is 2.05. The minimum atomic E-state index is -0.656. The normalized spacial score (nSPS) is 10.1. The van der Waals surface area contributed by atoms with E-state index in [-0.39, 0.29) is 5.88 Å². The summed E-state index contributed by atoms with van der Waals surface area (Å²) in [6.45, 7) is 1.20. The van der Waals surface area contributed by atoms with Crippen molar-refractivity contribution in [3.05, 3.63) is 40.8 Å². The summed E-state index contributed by atoms with van der Waals surface area (Å²) in [5.74, 6) is -0.898. The lowest BCUT2D eigenvalue weighted by atomic mass is 10.2. The van der Waals surface area contributed by atoms with E-state index >= 15 is 0 Å². The molecule has 0 saturated carbocycles. The highest BCUT2D eigenvalue weighted by Crippen LogP contribution is 2.07. The van der Waals surface area contributed by atoms with Crippen LogP contribution in [0.1, 0.15) is 6.92 Å². The summed E-state index contributed by atoms with van der Waals surface area (Å²) in [7, 11) is 0. The van der Waals surface area contributed by atoms with Crippen LogP contribution in [-0.2, 0) is 4.79 Å². The second-order valence-electron chi connectivity index (χ2n) is 3.13. The van der Waals surface area contributed by atoms with Crippen molar-refractivity contribution in [1.29, 1.82) is 0 Å². The van der Waals surface area contributed by atoms with Crippen molar-refractivity contribution in [2.24, 2.45) is 0 Å². The first kappa shape index (κ1) is 10.2. The number of rotatable bonds is 1. The number of benzene rings is 1. The van der Waals surface area contributed by atoms with Crippen molar-refractivity contribution in [2.45, 2.75) is 6.92 Å². The number of fused-ring (bicyclic) bond motifs is 1. The van der Waals surface area contributed by atoms with Crippen LogP contribution in [0.3, 0.4) is 0 Å². The molecule has 0 saturated heterocycles. The molecule has 0 unspecified atom stereocenters. The number of carbonyl (C=O) groups excluding carboxylic acids is 1. The first-order chi connectivity index (χ1) is 7.66. The fourth-order valence-corrected chi connectivity index (χ4v) is 1.25. The lowest BCUT2D eigenvalue weighted by Gasteiger charge is -1.91. The maximum atomic E-state index is 11.5. The van der Waals surface area contributed by atoms with Crippen LogP contribution in [0, 0.1) is 0 Å². The van der Waals surface area contributed by atoms with Crippen LogP contribution in [-0.4, -0.2) is 15.9 Å². The average molecular weight is 216 g/mol. The summed E-state index contributed by atoms with van der Waals surface area (Å²) in [5, 5.41) is 0.706. The van der Waals surface area contributed by atoms with Crippen LogP contribution in [0.5, 0.6) is 5.88 Å². The van der Waals surface area contributed by atoms with Gasteiger partial charge in [-0.1, -0.05) is 18.2 Å². The lowest BCUT2D eigenvalue weighted by Crippen LogP contribution is -2.13. The highest BCUT2D eigenvalue weighted by molar-refractivity contribution is 5.77. The molecule has 1 aromatic heterocycles. The topological polar surface area (TPSA) is 69.2 Å². The van der Waals surface area contributed by atoms with E-state index in [1.165, 1.54) is 13.1 Å². The molecule has 1 heterocycles. The van der Waals surface area contributed by atoms with Crippen molar-refractivity contribution in [3.8, 4) is 5.88 Å². The van der Waals surface area contributed by atoms with Crippen molar-refractivity contribution >= 4 is 16.9 Å². The summed E-state index contributed by atoms with van der Waals surface area (Å²) >= 11 is 0. The minimum absolute atomic E-state index is 0.302. The van der Waals surface area contributed by atoms with Crippen molar-refractivity contribution < 1.29 is 9.53 Å². The molecule has 0 radical (unpaired) electrons. The molecule has 0 spiro atoms. The van der Waals surface area contributed by atoms with Gasteiger partial charge in [0.05, 0.1) is 5.52 Å². The molecule has 0 bridgehead atoms. The molecule has 5 heteroatoms. The van der Waals surface area contributed by atoms with Gasteiger partial charge in [-0.3, -0.25) is 9.59 Å². The Bertz CT molecular complexity index is 610. The van der Waals surface area contributed by atoms with Gasteiger partial charge in [0, 0.05) is 18.5 Å². The van der Waals surface area contributed by atoms with E-state index < -0.39 is 11.5 Å². The van der Waals surface area contributed by atoms with Gasteiger partial charge in [0.1, 0.15) is 0 Å². The molecule has 2 aromatic rings. The van der Waals surface area contributed by atoms with Gasteiger partial charge in [-0.2, -0.15) is 0 Å². The molecule has 0 atom stereocenters. The average Bonchev–Trinajstić information content (AvgIpc) is 2.39. The third-order valence-corrected chi connectivity index (χ3v) is 1.90. The van der Waals surface area contributed by atoms with E-state index in [0.29, 0.717) is 10.9 Å². The molecule has 16 heavy (non-hydrogen) atoms. The van der Waals surface area contributed by atoms with Crippen LogP contribution >= 0.6 is 0 Å². The largest absolute Gasteiger partial charge is 0.402 e. The monoisotopic (exact) mass is 216 g/mol. The van der Waals surface area contributed by atoms with E-state index in [4.69, 9.17) is 0 Å². The van der Waals surface area contributed by atoms with Gasteiger partial charge in [-0.05, 0) is 6.07 Å². The summed E-state index contributed by atoms with van der Waals surface area (Å²) < 4.78 is 4.65. The van der Waals surface area contributed by atoms with Crippen molar-refractivity contribution in [3.63, 3.8) is 0 Å². The summed E-state index contributed by atoms with van der Waals surface area (Å²) in [6, 6.07) is 7.03. The van der Waals surface area contributed by atoms with Crippen LogP contribution in [0.4, 0.5) is 0 Å². The summed E-state index contributed by atoms with van der Waals surface area (Å²) in [6.07, 6.45) is 1.45. The van der Waals surface area contributed by atoms with E-state index in [2.05, 4.69) is 14.7 Å². The van der Waals surface area contributed by atoms with Gasteiger partial charge >= 0.3 is 11.5 Å². The van der Waals surface area contributed by atoms with E-state index in [1.54, 1.807) is 18.2 Å². The van der Waals surface area contributed by atoms with E-state index in [9.17, 15) is 9.59 Å². The smallest absolute Gasteiger partial charge is 0.333 e. The quantitative estimate of drug-likeness (QED) is 0.663. The third kappa shape index (κ3) is 2.03. The maximum Gasteiger partial charge on any atom is 0.333 e. The van der Waals surface area contributed by atoms with Gasteiger partial charge in [-0.25, -0.2) is 9.97 Å². The molecule has 80 valence electrons. The zero-order chi connectivity index (χ0) is 11.5. The molecular formula is C11H8N2O3. The Kier molecular flexibility index (Phi) is 2.59. The predicted molar refractivity (Wildman–Crippen MR) is 57.1 cm³/mol. The Morgan fingerprint density at radius 2 is 2.06 bits per heavy atom. The molecule has 0 fully saturated rings. The van der Waals surface area contributed by atoms with E-state index in [0.717, 1.165) is 0 Å². The maximum absolute atomic E-state index is 11.5. The summed E-state index contributed by atoms with van der Waals surface area (Å²) in [4.78, 5) is 29.8. The number of ether oxygens (including phenoxy) is 1. The molecule has 0 amide bonds. The first-order valence-electron chi connectivity index (χ1n) is 4.61. The molecule has 0 N–H and O–H groups in total. The number of esters is 1. The van der Waals surface area contributed by atoms with Gasteiger partial charge < -0.3 is 4.74 Å². The van der Waals surface area contributed by atoms with Gasteiger partial charge in [-0.15, -0.1) is 0 Å². The second kappa shape index (κ2) is 4.06. The Morgan fingerprint density at radius 1 is 1.31 bits per heavy atom. The molecule has 1 aromatic carbocycles. The number of nitrogens with zero attached hydrogens (tertiary/aromatic N) is 2. The molecule has 2 rings (SSSR count). The van der Waals surface area contributed by atoms with Gasteiger partial charge in [0.25, 0.3) is 5.88 Å². The molecular weight excluding hydrogens is 208 g/mol. The van der Waals surface area contributed by atoms with Crippen LogP contribution in [0.15, 0.2) is 35.3 Å². The number of hydrogen-bond donors (Lipinski definition) is 0. The number of carbonyl (C=O) groups is 1. The van der Waals surface area contributed by atoms with Crippen molar-refractivity contribution in [2.75, 3.05) is 0 Å². The van der Waals surface area contributed by atoms with Crippen LogP contribution < -0.4 is 10.3 Å². The van der Waals surface area contributed by atoms with E-state index in [1.807, 2.05) is 6.07 Å². The number of hydrogen-bond acceptors (Lipinski definition) is 5. The Labute approximate surface area is 90.7 Å². The minimum Gasteiger partial charge on any atom is -0.402 e. The standard InChI is InChI=1S/C11H8N2O3/c1-7(14)16-11-10(15)13-9-5-3-2-4-8(9)6-12-11/h2-6H,1H3. The number of aromatic nitrogens is 2. The number of para-hydroxylation sites is 1. The summed E-state index contributed by atoms with van der Waals surface area (Å²) in [5.41, 5.74) is -0.144. The first-order valence-corrected chi connectivity index (χ1v) is 4.61. The highest BCUT2D eigenvalue weighted by atomic mass is 16.5. The molecule has 0 aliphatic carbocycles. The zero-order valence-electron chi connectivity index (χ0n) is 8.51. The fourth-order valence-electron chi connectivity index (χ4n) is 1.25. The lowest BCUT2D eigenvalue weighted by molar-refractivity contribution is -0.132. The van der Waals surface area contributed by atoms with Crippen LogP contribution in [0.25, 0.3) is 10.9 Å². The zero-order valence-corrected chi connectivity index (χ0v) is 8.51. The van der Waals surface area contributed by atoms with Gasteiger partial charge in [0.15, 0.2) is 0 Å². The third-order valence-electron chi connectivity index (χ3n) is 1.90. The Hall–Kier alpha value is -2.30. The van der Waals surface area contributed by atoms with Crippen molar-refractivity contribution in [1.82, 2.24) is 9.97 Å². The second-order valence-corrected chi connectivity index (χ2v) is 3.13.